The SMILES string of the molecule is CCCCC/C=C\C/C=C\CCCCCCCC(=O)OC(COC(=O)CCCCCCCCCCCCCCCCCCCCCCCC)COP(=O)(O)OCC[N+](C)(C)C. The number of unbranched alkanes of at least 4 members (excludes halogenated alkanes) is 29. The number of esters is 2. The summed E-state index contributed by atoms with van der Waals surface area (Å²) < 4.78 is 34.4. The minimum atomic E-state index is -4.38. The van der Waals surface area contributed by atoms with Gasteiger partial charge in [0.05, 0.1) is 27.7 Å². The van der Waals surface area contributed by atoms with E-state index >= 15 is 0 Å². The number of likely N-dealkylation sites (N-methyl/N-ethyl adjacent to an activating group) is 1. The molecule has 0 saturated carbocycles. The van der Waals surface area contributed by atoms with Crippen molar-refractivity contribution >= 4 is 19.8 Å². The summed E-state index contributed by atoms with van der Waals surface area (Å²) in [6.07, 6.45) is 49.5. The number of nitrogens with zero attached hydrogens (tertiary/aromatic N) is 1. The largest absolute Gasteiger partial charge is 0.472 e. The average Bonchev–Trinajstić information content (AvgIpc) is 3.21. The van der Waals surface area contributed by atoms with Crippen molar-refractivity contribution in [2.45, 2.75) is 245 Å². The third-order valence-electron chi connectivity index (χ3n) is 11.2. The average molecular weight is 885 g/mol. The van der Waals surface area contributed by atoms with Crippen molar-refractivity contribution in [3.63, 3.8) is 0 Å². The highest BCUT2D eigenvalue weighted by Gasteiger charge is 2.27. The molecule has 0 aromatic heterocycles. The van der Waals surface area contributed by atoms with E-state index in [2.05, 4.69) is 38.2 Å². The maximum atomic E-state index is 12.7. The monoisotopic (exact) mass is 885 g/mol. The molecule has 0 radical (unpaired) electrons. The summed E-state index contributed by atoms with van der Waals surface area (Å²) in [6, 6.07) is 0. The second-order valence-corrected chi connectivity index (χ2v) is 20.0. The summed E-state index contributed by atoms with van der Waals surface area (Å²) in [6.45, 7) is 4.42. The van der Waals surface area contributed by atoms with Gasteiger partial charge in [-0.3, -0.25) is 18.6 Å². The number of phosphoric acid groups is 1. The molecule has 10 heteroatoms. The van der Waals surface area contributed by atoms with Crippen LogP contribution in [0.2, 0.25) is 0 Å². The van der Waals surface area contributed by atoms with Crippen molar-refractivity contribution < 1.29 is 42.1 Å². The second-order valence-electron chi connectivity index (χ2n) is 18.6. The lowest BCUT2D eigenvalue weighted by atomic mass is 10.0. The summed E-state index contributed by atoms with van der Waals surface area (Å²) in [5.41, 5.74) is 0. The van der Waals surface area contributed by atoms with Crippen LogP contribution in [-0.2, 0) is 32.7 Å². The number of rotatable bonds is 47. The first-order valence-electron chi connectivity index (χ1n) is 25.6. The first kappa shape index (κ1) is 59.5. The lowest BCUT2D eigenvalue weighted by Gasteiger charge is -2.24. The zero-order valence-electron chi connectivity index (χ0n) is 40.7. The molecule has 360 valence electrons. The van der Waals surface area contributed by atoms with Gasteiger partial charge in [0.2, 0.25) is 0 Å². The van der Waals surface area contributed by atoms with Crippen molar-refractivity contribution in [1.29, 1.82) is 0 Å². The van der Waals surface area contributed by atoms with Crippen LogP contribution in [0.4, 0.5) is 0 Å². The smallest absolute Gasteiger partial charge is 0.462 e. The number of carbonyl (C=O) groups is 2. The third kappa shape index (κ3) is 47.8. The van der Waals surface area contributed by atoms with Gasteiger partial charge in [-0.2, -0.15) is 0 Å². The maximum Gasteiger partial charge on any atom is 0.472 e. The molecule has 0 amide bonds. The Balaban J connectivity index is 4.20. The van der Waals surface area contributed by atoms with E-state index in [0.29, 0.717) is 23.9 Å². The Bertz CT molecular complexity index is 1090. The Morgan fingerprint density at radius 3 is 1.33 bits per heavy atom. The van der Waals surface area contributed by atoms with Crippen LogP contribution in [0.15, 0.2) is 24.3 Å². The minimum absolute atomic E-state index is 0.0308. The van der Waals surface area contributed by atoms with Gasteiger partial charge in [-0.1, -0.05) is 205 Å². The van der Waals surface area contributed by atoms with Gasteiger partial charge in [0, 0.05) is 12.8 Å². The Morgan fingerprint density at radius 1 is 0.508 bits per heavy atom. The highest BCUT2D eigenvalue weighted by atomic mass is 31.2. The van der Waals surface area contributed by atoms with Gasteiger partial charge in [-0.25, -0.2) is 4.57 Å². The van der Waals surface area contributed by atoms with Crippen molar-refractivity contribution in [3.8, 4) is 0 Å². The summed E-state index contributed by atoms with van der Waals surface area (Å²) in [4.78, 5) is 35.5. The van der Waals surface area contributed by atoms with E-state index in [0.717, 1.165) is 57.8 Å². The van der Waals surface area contributed by atoms with E-state index in [1.165, 1.54) is 148 Å². The molecular formula is C51H99NO8P+. The molecular weight excluding hydrogens is 786 g/mol. The van der Waals surface area contributed by atoms with Gasteiger partial charge in [0.15, 0.2) is 6.10 Å². The molecule has 0 heterocycles. The summed E-state index contributed by atoms with van der Waals surface area (Å²) in [7, 11) is 1.48. The number of hydrogen-bond donors (Lipinski definition) is 1. The Kier molecular flexibility index (Phi) is 42.6. The Labute approximate surface area is 377 Å². The molecule has 0 rings (SSSR count). The molecule has 9 nitrogen and oxygen atoms in total. The van der Waals surface area contributed by atoms with Crippen LogP contribution in [0.25, 0.3) is 0 Å². The van der Waals surface area contributed by atoms with Gasteiger partial charge in [-0.05, 0) is 44.9 Å². The Hall–Kier alpha value is -1.51. The molecule has 0 aliphatic carbocycles. The summed E-state index contributed by atoms with van der Waals surface area (Å²) in [5.74, 6) is -0.803. The minimum Gasteiger partial charge on any atom is -0.462 e. The molecule has 0 aliphatic heterocycles. The van der Waals surface area contributed by atoms with E-state index < -0.39 is 26.5 Å². The van der Waals surface area contributed by atoms with Crippen LogP contribution in [0.5, 0.6) is 0 Å². The quantitative estimate of drug-likeness (QED) is 0.0212. The fraction of sp³-hybridized carbons (Fsp3) is 0.882. The van der Waals surface area contributed by atoms with Crippen LogP contribution in [-0.4, -0.2) is 74.9 Å². The molecule has 2 atom stereocenters. The maximum absolute atomic E-state index is 12.7. The van der Waals surface area contributed by atoms with Crippen LogP contribution in [0, 0.1) is 0 Å². The number of quaternary nitrogens is 1. The van der Waals surface area contributed by atoms with E-state index in [1.54, 1.807) is 0 Å². The van der Waals surface area contributed by atoms with E-state index in [-0.39, 0.29) is 25.6 Å². The molecule has 0 aromatic carbocycles. The van der Waals surface area contributed by atoms with Gasteiger partial charge >= 0.3 is 19.8 Å². The molecule has 1 N–H and O–H groups in total. The molecule has 0 aromatic rings. The van der Waals surface area contributed by atoms with Crippen molar-refractivity contribution in [3.05, 3.63) is 24.3 Å². The summed E-state index contributed by atoms with van der Waals surface area (Å²) >= 11 is 0. The number of phosphoric ester groups is 1. The first-order valence-corrected chi connectivity index (χ1v) is 27.1. The molecule has 0 fully saturated rings. The standard InChI is InChI=1S/C51H98NO8P/c1-6-8-10-12-14-16-18-20-22-23-24-25-26-27-28-30-31-33-35-37-39-41-43-50(53)57-47-49(48-59-61(55,56)58-46-45-52(3,4)5)60-51(54)44-42-40-38-36-34-32-29-21-19-17-15-13-11-9-7-2/h15,17,21,29,49H,6-14,16,18-20,22-28,30-48H2,1-5H3/p+1/b17-15-,29-21-. The van der Waals surface area contributed by atoms with Crippen molar-refractivity contribution in [2.75, 3.05) is 47.5 Å². The van der Waals surface area contributed by atoms with Crippen LogP contribution < -0.4 is 0 Å². The number of carbonyl (C=O) groups excluding carboxylic acids is 2. The zero-order valence-corrected chi connectivity index (χ0v) is 41.6. The Morgan fingerprint density at radius 2 is 0.885 bits per heavy atom. The zero-order chi connectivity index (χ0) is 45.0. The number of hydrogen-bond acceptors (Lipinski definition) is 7. The molecule has 0 aliphatic rings. The molecule has 0 saturated heterocycles. The molecule has 2 unspecified atom stereocenters. The number of allylic oxidation sites excluding steroid dienone is 4. The van der Waals surface area contributed by atoms with Crippen LogP contribution in [0.3, 0.4) is 0 Å². The van der Waals surface area contributed by atoms with Gasteiger partial charge in [-0.15, -0.1) is 0 Å². The lowest BCUT2D eigenvalue weighted by Crippen LogP contribution is -2.37. The summed E-state index contributed by atoms with van der Waals surface area (Å²) in [5, 5.41) is 0. The molecule has 0 bridgehead atoms. The fourth-order valence-corrected chi connectivity index (χ4v) is 7.96. The third-order valence-corrected chi connectivity index (χ3v) is 12.2. The molecule has 61 heavy (non-hydrogen) atoms. The van der Waals surface area contributed by atoms with Crippen molar-refractivity contribution in [1.82, 2.24) is 0 Å². The normalized spacial score (nSPS) is 13.6. The predicted octanol–water partition coefficient (Wildman–Crippen LogP) is 15.1. The van der Waals surface area contributed by atoms with Gasteiger partial charge in [0.25, 0.3) is 0 Å². The lowest BCUT2D eigenvalue weighted by molar-refractivity contribution is -0.870. The highest BCUT2D eigenvalue weighted by molar-refractivity contribution is 7.47. The van der Waals surface area contributed by atoms with E-state index in [9.17, 15) is 19.0 Å². The van der Waals surface area contributed by atoms with Gasteiger partial charge < -0.3 is 18.9 Å². The second kappa shape index (κ2) is 43.7. The van der Waals surface area contributed by atoms with Crippen LogP contribution in [0.1, 0.15) is 239 Å². The van der Waals surface area contributed by atoms with E-state index in [4.69, 9.17) is 18.5 Å². The number of ether oxygens (including phenoxy) is 2. The topological polar surface area (TPSA) is 108 Å². The predicted molar refractivity (Wildman–Crippen MR) is 257 cm³/mol. The highest BCUT2D eigenvalue weighted by Crippen LogP contribution is 2.43. The van der Waals surface area contributed by atoms with E-state index in [1.807, 2.05) is 21.1 Å². The van der Waals surface area contributed by atoms with Gasteiger partial charge in [0.1, 0.15) is 19.8 Å². The fourth-order valence-electron chi connectivity index (χ4n) is 7.22. The molecule has 0 spiro atoms. The van der Waals surface area contributed by atoms with Crippen LogP contribution >= 0.6 is 7.82 Å². The first-order chi connectivity index (χ1) is 29.5. The van der Waals surface area contributed by atoms with Crippen molar-refractivity contribution in [2.24, 2.45) is 0 Å².